The topological polar surface area (TPSA) is 81.7 Å². The Morgan fingerprint density at radius 2 is 1.54 bits per heavy atom. The van der Waals surface area contributed by atoms with Gasteiger partial charge in [-0.25, -0.2) is 8.42 Å². The first-order valence-corrected chi connectivity index (χ1v) is 11.5. The van der Waals surface area contributed by atoms with Gasteiger partial charge in [0, 0.05) is 0 Å². The standard InChI is InChI=1S/C17H21ClNO5PS/c1-3-23-25(20,24-4-2)17(14-10-6-5-7-11-14)19-26(21,22)16-13-9-8-12-15(16)18/h5-13,17,19H,3-4H2,1-2H3. The largest absolute Gasteiger partial charge is 0.352 e. The van der Waals surface area contributed by atoms with Gasteiger partial charge < -0.3 is 9.05 Å². The molecule has 0 saturated heterocycles. The van der Waals surface area contributed by atoms with Crippen LogP contribution in [0.1, 0.15) is 25.2 Å². The highest BCUT2D eigenvalue weighted by atomic mass is 35.5. The Morgan fingerprint density at radius 3 is 2.08 bits per heavy atom. The molecule has 0 heterocycles. The monoisotopic (exact) mass is 417 g/mol. The summed E-state index contributed by atoms with van der Waals surface area (Å²) in [4.78, 5) is -0.109. The number of halogens is 1. The predicted molar refractivity (Wildman–Crippen MR) is 102 cm³/mol. The van der Waals surface area contributed by atoms with Crippen LogP contribution in [0.4, 0.5) is 0 Å². The first-order valence-electron chi connectivity index (χ1n) is 8.04. The molecule has 0 amide bonds. The molecule has 0 fully saturated rings. The lowest BCUT2D eigenvalue weighted by atomic mass is 10.2. The number of nitrogens with one attached hydrogen (secondary N) is 1. The van der Waals surface area contributed by atoms with Crippen molar-refractivity contribution in [2.75, 3.05) is 13.2 Å². The molecular weight excluding hydrogens is 397 g/mol. The number of hydrogen-bond donors (Lipinski definition) is 1. The summed E-state index contributed by atoms with van der Waals surface area (Å²) in [5.74, 6) is -1.20. The lowest BCUT2D eigenvalue weighted by molar-refractivity contribution is 0.210. The van der Waals surface area contributed by atoms with Crippen molar-refractivity contribution < 1.29 is 22.0 Å². The van der Waals surface area contributed by atoms with Gasteiger partial charge in [0.1, 0.15) is 10.7 Å². The van der Waals surface area contributed by atoms with Crippen molar-refractivity contribution in [2.24, 2.45) is 0 Å². The second-order valence-corrected chi connectivity index (χ2v) is 9.44. The SMILES string of the molecule is CCOP(=O)(OCC)C(NS(=O)(=O)c1ccccc1Cl)c1ccccc1. The van der Waals surface area contributed by atoms with Gasteiger partial charge >= 0.3 is 7.60 Å². The van der Waals surface area contributed by atoms with Gasteiger partial charge in [-0.3, -0.25) is 4.57 Å². The van der Waals surface area contributed by atoms with Crippen LogP contribution in [0.25, 0.3) is 0 Å². The highest BCUT2D eigenvalue weighted by Gasteiger charge is 2.40. The second-order valence-electron chi connectivity index (χ2n) is 5.24. The van der Waals surface area contributed by atoms with E-state index in [0.717, 1.165) is 0 Å². The van der Waals surface area contributed by atoms with E-state index in [9.17, 15) is 13.0 Å². The highest BCUT2D eigenvalue weighted by molar-refractivity contribution is 7.90. The van der Waals surface area contributed by atoms with Gasteiger partial charge in [-0.15, -0.1) is 0 Å². The Hall–Kier alpha value is -1.21. The van der Waals surface area contributed by atoms with Gasteiger partial charge in [0.25, 0.3) is 0 Å². The third kappa shape index (κ3) is 4.94. The van der Waals surface area contributed by atoms with Gasteiger partial charge in [-0.2, -0.15) is 4.72 Å². The summed E-state index contributed by atoms with van der Waals surface area (Å²) in [5.41, 5.74) is 0.466. The minimum Gasteiger partial charge on any atom is -0.308 e. The molecule has 0 aliphatic heterocycles. The summed E-state index contributed by atoms with van der Waals surface area (Å²) in [7, 11) is -7.89. The number of sulfonamides is 1. The van der Waals surface area contributed by atoms with E-state index in [1.807, 2.05) is 0 Å². The van der Waals surface area contributed by atoms with E-state index in [4.69, 9.17) is 20.6 Å². The predicted octanol–water partition coefficient (Wildman–Crippen LogP) is 4.58. The maximum atomic E-state index is 13.3. The minimum atomic E-state index is -4.07. The minimum absolute atomic E-state index is 0.0643. The van der Waals surface area contributed by atoms with Crippen LogP contribution in [0.15, 0.2) is 59.5 Å². The van der Waals surface area contributed by atoms with E-state index in [1.54, 1.807) is 56.3 Å². The Balaban J connectivity index is 2.52. The van der Waals surface area contributed by atoms with Crippen molar-refractivity contribution in [1.82, 2.24) is 4.72 Å². The van der Waals surface area contributed by atoms with Crippen molar-refractivity contribution in [3.8, 4) is 0 Å². The summed E-state index contributed by atoms with van der Waals surface area (Å²) in [5, 5.41) is 0.0643. The van der Waals surface area contributed by atoms with Gasteiger partial charge in [-0.1, -0.05) is 54.1 Å². The van der Waals surface area contributed by atoms with E-state index < -0.39 is 23.4 Å². The fourth-order valence-corrected chi connectivity index (χ4v) is 6.51. The van der Waals surface area contributed by atoms with Crippen molar-refractivity contribution >= 4 is 29.2 Å². The van der Waals surface area contributed by atoms with Crippen LogP contribution in [0.3, 0.4) is 0 Å². The van der Waals surface area contributed by atoms with E-state index in [0.29, 0.717) is 5.56 Å². The van der Waals surface area contributed by atoms with E-state index in [-0.39, 0.29) is 23.1 Å². The molecule has 6 nitrogen and oxygen atoms in total. The number of hydrogen-bond acceptors (Lipinski definition) is 5. The van der Waals surface area contributed by atoms with E-state index in [2.05, 4.69) is 4.72 Å². The van der Waals surface area contributed by atoms with Crippen LogP contribution >= 0.6 is 19.2 Å². The molecule has 1 N–H and O–H groups in total. The molecule has 0 aliphatic carbocycles. The van der Waals surface area contributed by atoms with E-state index in [1.165, 1.54) is 12.1 Å². The normalized spacial score (nSPS) is 13.5. The van der Waals surface area contributed by atoms with Gasteiger partial charge in [0.2, 0.25) is 10.0 Å². The van der Waals surface area contributed by atoms with Gasteiger partial charge in [-0.05, 0) is 31.5 Å². The molecule has 2 aromatic carbocycles. The lowest BCUT2D eigenvalue weighted by Gasteiger charge is -2.27. The van der Waals surface area contributed by atoms with E-state index >= 15 is 0 Å². The summed E-state index contributed by atoms with van der Waals surface area (Å²) >= 11 is 6.02. The molecule has 0 bridgehead atoms. The van der Waals surface area contributed by atoms with Crippen molar-refractivity contribution in [1.29, 1.82) is 0 Å². The fourth-order valence-electron chi connectivity index (χ4n) is 2.37. The molecule has 0 aliphatic rings. The molecule has 9 heteroatoms. The smallest absolute Gasteiger partial charge is 0.308 e. The van der Waals surface area contributed by atoms with Crippen molar-refractivity contribution in [3.63, 3.8) is 0 Å². The van der Waals surface area contributed by atoms with Crippen molar-refractivity contribution in [2.45, 2.75) is 24.5 Å². The summed E-state index contributed by atoms with van der Waals surface area (Å²) in [6, 6.07) is 14.5. The average Bonchev–Trinajstić information content (AvgIpc) is 2.61. The Morgan fingerprint density at radius 1 is 1.00 bits per heavy atom. The third-order valence-electron chi connectivity index (χ3n) is 3.44. The average molecular weight is 418 g/mol. The quantitative estimate of drug-likeness (QED) is 0.604. The van der Waals surface area contributed by atoms with Crippen LogP contribution in [0.2, 0.25) is 5.02 Å². The van der Waals surface area contributed by atoms with Crippen LogP contribution in [-0.4, -0.2) is 21.6 Å². The molecule has 0 saturated carbocycles. The Labute approximate surface area is 159 Å². The third-order valence-corrected chi connectivity index (χ3v) is 7.84. The molecule has 0 spiro atoms. The van der Waals surface area contributed by atoms with Gasteiger partial charge in [0.15, 0.2) is 0 Å². The summed E-state index contributed by atoms with van der Waals surface area (Å²) < 4.78 is 52.2. The molecule has 26 heavy (non-hydrogen) atoms. The number of benzene rings is 2. The molecule has 1 unspecified atom stereocenters. The van der Waals surface area contributed by atoms with Crippen LogP contribution in [-0.2, 0) is 23.6 Å². The first kappa shape index (κ1) is 21.1. The molecule has 2 rings (SSSR count). The summed E-state index contributed by atoms with van der Waals surface area (Å²) in [6.07, 6.45) is 0. The molecule has 2 aromatic rings. The lowest BCUT2D eigenvalue weighted by Crippen LogP contribution is -2.30. The van der Waals surface area contributed by atoms with Crippen molar-refractivity contribution in [3.05, 3.63) is 65.2 Å². The maximum absolute atomic E-state index is 13.3. The zero-order valence-corrected chi connectivity index (χ0v) is 16.9. The van der Waals surface area contributed by atoms with Crippen LogP contribution in [0, 0.1) is 0 Å². The van der Waals surface area contributed by atoms with Crippen LogP contribution in [0.5, 0.6) is 0 Å². The zero-order chi connectivity index (χ0) is 19.2. The maximum Gasteiger partial charge on any atom is 0.352 e. The van der Waals surface area contributed by atoms with Gasteiger partial charge in [0.05, 0.1) is 18.2 Å². The molecule has 0 aromatic heterocycles. The zero-order valence-electron chi connectivity index (χ0n) is 14.5. The first-order chi connectivity index (χ1) is 12.3. The van der Waals surface area contributed by atoms with Crippen LogP contribution < -0.4 is 4.72 Å². The second kappa shape index (κ2) is 9.13. The molecule has 142 valence electrons. The Kier molecular flexibility index (Phi) is 7.41. The Bertz CT molecular complexity index is 866. The highest BCUT2D eigenvalue weighted by Crippen LogP contribution is 2.60. The molecule has 1 atom stereocenters. The fraction of sp³-hybridized carbons (Fsp3) is 0.294. The number of rotatable bonds is 9. The molecule has 0 radical (unpaired) electrons. The summed E-state index contributed by atoms with van der Waals surface area (Å²) in [6.45, 7) is 3.54. The molecular formula is C17H21ClNO5PS.